The number of carbonyl (C=O) groups is 2. The van der Waals surface area contributed by atoms with Gasteiger partial charge in [-0.25, -0.2) is 0 Å². The number of carbonyl (C=O) groups excluding carboxylic acids is 1. The van der Waals surface area contributed by atoms with E-state index in [2.05, 4.69) is 5.32 Å². The molecule has 1 aliphatic rings. The smallest absolute Gasteiger partial charge is 0.305 e. The molecule has 1 aliphatic heterocycles. The molecule has 2 N–H and O–H groups in total. The highest BCUT2D eigenvalue weighted by Crippen LogP contribution is 2.45. The van der Waals surface area contributed by atoms with E-state index in [1.54, 1.807) is 19.1 Å². The molecule has 1 heterocycles. The second-order valence-electron chi connectivity index (χ2n) is 5.71. The first-order valence-corrected chi connectivity index (χ1v) is 9.40. The molecule has 1 aromatic carbocycles. The molecule has 0 aliphatic carbocycles. The fraction of sp³-hybridized carbons (Fsp3) is 0.500. The summed E-state index contributed by atoms with van der Waals surface area (Å²) in [5, 5.41) is 11.8. The minimum Gasteiger partial charge on any atom is -0.481 e. The Hall–Kier alpha value is -1.18. The second-order valence-corrected chi connectivity index (χ2v) is 8.44. The standard InChI is InChI=1S/C16H21NO4S2/c1-16(10-21-2,9-13(18)19)17-14(20)11-3-5-12(6-4-11)15-22-7-8-23-15/h3-6,15H,7-10H2,1-2H3,(H,17,20)(H,18,19). The van der Waals surface area contributed by atoms with Crippen molar-refractivity contribution < 1.29 is 19.4 Å². The number of carboxylic acids is 1. The summed E-state index contributed by atoms with van der Waals surface area (Å²) in [7, 11) is 1.48. The van der Waals surface area contributed by atoms with Gasteiger partial charge in [0.05, 0.1) is 23.1 Å². The minimum absolute atomic E-state index is 0.137. The third-order valence-corrected chi connectivity index (χ3v) is 6.59. The van der Waals surface area contributed by atoms with Crippen LogP contribution in [0.1, 0.15) is 33.8 Å². The molecule has 5 nitrogen and oxygen atoms in total. The molecule has 0 bridgehead atoms. The van der Waals surface area contributed by atoms with Crippen LogP contribution in [0.4, 0.5) is 0 Å². The van der Waals surface area contributed by atoms with Crippen LogP contribution in [0.2, 0.25) is 0 Å². The fourth-order valence-corrected chi connectivity index (χ4v) is 5.33. The number of carboxylic acid groups (broad SMARTS) is 1. The number of methoxy groups -OCH3 is 1. The Balaban J connectivity index is 2.05. The van der Waals surface area contributed by atoms with E-state index in [-0.39, 0.29) is 18.9 Å². The maximum absolute atomic E-state index is 12.4. The van der Waals surface area contributed by atoms with Crippen molar-refractivity contribution in [3.05, 3.63) is 35.4 Å². The quantitative estimate of drug-likeness (QED) is 0.783. The van der Waals surface area contributed by atoms with Gasteiger partial charge in [0.15, 0.2) is 0 Å². The number of nitrogens with one attached hydrogen (secondary N) is 1. The van der Waals surface area contributed by atoms with Crippen LogP contribution in [0.25, 0.3) is 0 Å². The zero-order valence-electron chi connectivity index (χ0n) is 13.2. The Morgan fingerprint density at radius 2 is 1.91 bits per heavy atom. The number of thioether (sulfide) groups is 2. The van der Waals surface area contributed by atoms with E-state index in [0.717, 1.165) is 11.5 Å². The molecular weight excluding hydrogens is 334 g/mol. The van der Waals surface area contributed by atoms with E-state index in [9.17, 15) is 9.59 Å². The zero-order valence-corrected chi connectivity index (χ0v) is 14.8. The molecule has 126 valence electrons. The predicted octanol–water partition coefficient (Wildman–Crippen LogP) is 2.77. The second kappa shape index (κ2) is 8.08. The molecular formula is C16H21NO4S2. The molecule has 23 heavy (non-hydrogen) atoms. The molecule has 2 rings (SSSR count). The van der Waals surface area contributed by atoms with Crippen molar-refractivity contribution in [3.63, 3.8) is 0 Å². The fourth-order valence-electron chi connectivity index (χ4n) is 2.47. The molecule has 0 aromatic heterocycles. The number of amides is 1. The van der Waals surface area contributed by atoms with Gasteiger partial charge >= 0.3 is 5.97 Å². The summed E-state index contributed by atoms with van der Waals surface area (Å²) >= 11 is 3.83. The van der Waals surface area contributed by atoms with Crippen molar-refractivity contribution in [1.29, 1.82) is 0 Å². The average Bonchev–Trinajstić information content (AvgIpc) is 3.00. The van der Waals surface area contributed by atoms with Crippen molar-refractivity contribution in [1.82, 2.24) is 5.32 Å². The van der Waals surface area contributed by atoms with Crippen molar-refractivity contribution >= 4 is 35.4 Å². The van der Waals surface area contributed by atoms with Crippen LogP contribution in [0.15, 0.2) is 24.3 Å². The van der Waals surface area contributed by atoms with Gasteiger partial charge in [0.1, 0.15) is 0 Å². The average molecular weight is 355 g/mol. The first-order chi connectivity index (χ1) is 10.9. The van der Waals surface area contributed by atoms with Crippen molar-refractivity contribution in [2.45, 2.75) is 23.5 Å². The Morgan fingerprint density at radius 3 is 2.43 bits per heavy atom. The van der Waals surface area contributed by atoms with Crippen LogP contribution in [0.3, 0.4) is 0 Å². The molecule has 1 amide bonds. The minimum atomic E-state index is -0.976. The van der Waals surface area contributed by atoms with Crippen LogP contribution >= 0.6 is 23.5 Å². The highest BCUT2D eigenvalue weighted by atomic mass is 32.2. The van der Waals surface area contributed by atoms with Crippen LogP contribution in [-0.4, -0.2) is 47.7 Å². The normalized spacial score (nSPS) is 17.7. The highest BCUT2D eigenvalue weighted by Gasteiger charge is 2.30. The van der Waals surface area contributed by atoms with Gasteiger partial charge in [-0.15, -0.1) is 23.5 Å². The summed E-state index contributed by atoms with van der Waals surface area (Å²) in [5.41, 5.74) is 0.793. The van der Waals surface area contributed by atoms with E-state index in [1.807, 2.05) is 35.7 Å². The molecule has 0 spiro atoms. The van der Waals surface area contributed by atoms with Crippen LogP contribution in [-0.2, 0) is 9.53 Å². The van der Waals surface area contributed by atoms with Crippen molar-refractivity contribution in [3.8, 4) is 0 Å². The molecule has 1 saturated heterocycles. The summed E-state index contributed by atoms with van der Waals surface area (Å²) in [6.45, 7) is 1.81. The lowest BCUT2D eigenvalue weighted by Crippen LogP contribution is -2.50. The summed E-state index contributed by atoms with van der Waals surface area (Å²) in [6, 6.07) is 7.52. The van der Waals surface area contributed by atoms with E-state index in [0.29, 0.717) is 10.1 Å². The first-order valence-electron chi connectivity index (χ1n) is 7.30. The van der Waals surface area contributed by atoms with Gasteiger partial charge in [-0.05, 0) is 24.6 Å². The van der Waals surface area contributed by atoms with Crippen LogP contribution in [0.5, 0.6) is 0 Å². The van der Waals surface area contributed by atoms with E-state index in [1.165, 1.54) is 12.7 Å². The van der Waals surface area contributed by atoms with E-state index >= 15 is 0 Å². The maximum atomic E-state index is 12.4. The Morgan fingerprint density at radius 1 is 1.30 bits per heavy atom. The van der Waals surface area contributed by atoms with Gasteiger partial charge in [-0.3, -0.25) is 9.59 Å². The van der Waals surface area contributed by atoms with Gasteiger partial charge in [-0.1, -0.05) is 12.1 Å². The number of aliphatic carboxylic acids is 1. The molecule has 1 atom stereocenters. The predicted molar refractivity (Wildman–Crippen MR) is 94.1 cm³/mol. The molecule has 0 saturated carbocycles. The van der Waals surface area contributed by atoms with E-state index < -0.39 is 11.5 Å². The first kappa shape index (κ1) is 18.2. The van der Waals surface area contributed by atoms with Gasteiger partial charge in [0, 0.05) is 24.2 Å². The van der Waals surface area contributed by atoms with Crippen molar-refractivity contribution in [2.75, 3.05) is 25.2 Å². The lowest BCUT2D eigenvalue weighted by Gasteiger charge is -2.28. The van der Waals surface area contributed by atoms with Gasteiger partial charge in [0.2, 0.25) is 0 Å². The highest BCUT2D eigenvalue weighted by molar-refractivity contribution is 8.19. The molecule has 1 unspecified atom stereocenters. The van der Waals surface area contributed by atoms with E-state index in [4.69, 9.17) is 9.84 Å². The lowest BCUT2D eigenvalue weighted by atomic mass is 9.98. The number of rotatable bonds is 7. The Labute approximate surface area is 144 Å². The molecule has 1 aromatic rings. The topological polar surface area (TPSA) is 75.6 Å². The number of hydrogen-bond acceptors (Lipinski definition) is 5. The van der Waals surface area contributed by atoms with Crippen LogP contribution in [0, 0.1) is 0 Å². The molecule has 0 radical (unpaired) electrons. The van der Waals surface area contributed by atoms with Gasteiger partial charge in [0.25, 0.3) is 5.91 Å². The third-order valence-electron chi connectivity index (χ3n) is 3.49. The number of hydrogen-bond donors (Lipinski definition) is 2. The number of ether oxygens (including phenoxy) is 1. The molecule has 7 heteroatoms. The van der Waals surface area contributed by atoms with Gasteiger partial charge in [-0.2, -0.15) is 0 Å². The lowest BCUT2D eigenvalue weighted by molar-refractivity contribution is -0.139. The third kappa shape index (κ3) is 5.16. The zero-order chi connectivity index (χ0) is 16.9. The summed E-state index contributed by atoms with van der Waals surface area (Å²) in [5.74, 6) is 1.05. The monoisotopic (exact) mass is 355 g/mol. The Kier molecular flexibility index (Phi) is 6.38. The SMILES string of the molecule is COCC(C)(CC(=O)O)NC(=O)c1ccc(C2SCCS2)cc1. The molecule has 1 fully saturated rings. The van der Waals surface area contributed by atoms with Crippen molar-refractivity contribution in [2.24, 2.45) is 0 Å². The largest absolute Gasteiger partial charge is 0.481 e. The number of benzene rings is 1. The maximum Gasteiger partial charge on any atom is 0.305 e. The van der Waals surface area contributed by atoms with Gasteiger partial charge < -0.3 is 15.2 Å². The summed E-state index contributed by atoms with van der Waals surface area (Å²) < 4.78 is 5.49. The summed E-state index contributed by atoms with van der Waals surface area (Å²) in [4.78, 5) is 23.4. The Bertz CT molecular complexity index is 558. The summed E-state index contributed by atoms with van der Waals surface area (Å²) in [6.07, 6.45) is -0.194. The van der Waals surface area contributed by atoms with Crippen LogP contribution < -0.4 is 5.32 Å².